The Balaban J connectivity index is 1.41. The monoisotopic (exact) mass is 490 g/mol. The number of halogens is 2. The Morgan fingerprint density at radius 3 is 2.78 bits per heavy atom. The Hall–Kier alpha value is -4.12. The molecule has 1 fully saturated rings. The molecule has 6 rings (SSSR count). The summed E-state index contributed by atoms with van der Waals surface area (Å²) in [5.41, 5.74) is 3.45. The molecule has 0 radical (unpaired) electrons. The SMILES string of the molecule is C=CCn1c(=O)c2cnc(Nc3ccc4c(c3)CNCC4)nc2n1-c1cccc(N2CC(F)(F)C2)n1. The third-order valence-corrected chi connectivity index (χ3v) is 6.43. The molecule has 2 aliphatic rings. The van der Waals surface area contributed by atoms with E-state index in [0.29, 0.717) is 28.6 Å². The van der Waals surface area contributed by atoms with Crippen molar-refractivity contribution < 1.29 is 8.78 Å². The lowest BCUT2D eigenvalue weighted by Crippen LogP contribution is -2.56. The zero-order valence-corrected chi connectivity index (χ0v) is 19.4. The molecule has 0 unspecified atom stereocenters. The highest BCUT2D eigenvalue weighted by Gasteiger charge is 2.44. The molecule has 3 aromatic heterocycles. The van der Waals surface area contributed by atoms with Gasteiger partial charge in [0.2, 0.25) is 5.95 Å². The number of nitrogens with one attached hydrogen (secondary N) is 2. The van der Waals surface area contributed by atoms with Crippen molar-refractivity contribution >= 4 is 28.5 Å². The van der Waals surface area contributed by atoms with Gasteiger partial charge in [-0.2, -0.15) is 4.98 Å². The maximum atomic E-state index is 13.4. The highest BCUT2D eigenvalue weighted by molar-refractivity contribution is 5.77. The number of aromatic nitrogens is 5. The van der Waals surface area contributed by atoms with E-state index in [1.54, 1.807) is 29.0 Å². The van der Waals surface area contributed by atoms with Crippen LogP contribution in [-0.4, -0.2) is 49.9 Å². The first-order chi connectivity index (χ1) is 17.4. The van der Waals surface area contributed by atoms with Crippen molar-refractivity contribution in [3.63, 3.8) is 0 Å². The molecule has 2 N–H and O–H groups in total. The number of hydrogen-bond donors (Lipinski definition) is 2. The van der Waals surface area contributed by atoms with Gasteiger partial charge in [0, 0.05) is 18.4 Å². The fourth-order valence-electron chi connectivity index (χ4n) is 4.68. The molecule has 1 saturated heterocycles. The Bertz CT molecular complexity index is 1540. The van der Waals surface area contributed by atoms with Gasteiger partial charge in [-0.3, -0.25) is 4.79 Å². The first-order valence-electron chi connectivity index (χ1n) is 11.7. The van der Waals surface area contributed by atoms with Crippen LogP contribution in [0.4, 0.5) is 26.2 Å². The zero-order valence-electron chi connectivity index (χ0n) is 19.4. The van der Waals surface area contributed by atoms with Crippen LogP contribution in [0.5, 0.6) is 0 Å². The largest absolute Gasteiger partial charge is 0.344 e. The molecule has 5 heterocycles. The van der Waals surface area contributed by atoms with Gasteiger partial charge in [0.25, 0.3) is 11.5 Å². The first kappa shape index (κ1) is 22.4. The number of nitrogens with zero attached hydrogens (tertiary/aromatic N) is 6. The van der Waals surface area contributed by atoms with E-state index >= 15 is 0 Å². The Morgan fingerprint density at radius 2 is 1.97 bits per heavy atom. The standard InChI is InChI=1S/C25H24F2N8O/c1-2-10-34-23(36)19-13-29-24(30-18-7-6-16-8-9-28-12-17(16)11-18)32-22(19)35(34)21-5-3-4-20(31-21)33-14-25(26,27)15-33/h2-7,11,13,28H,1,8-10,12,14-15H2,(H,29,30,32). The van der Waals surface area contributed by atoms with E-state index in [1.165, 1.54) is 26.9 Å². The van der Waals surface area contributed by atoms with Crippen LogP contribution in [-0.2, 0) is 19.5 Å². The zero-order chi connectivity index (χ0) is 24.9. The lowest BCUT2D eigenvalue weighted by Gasteiger charge is -2.39. The minimum Gasteiger partial charge on any atom is -0.344 e. The van der Waals surface area contributed by atoms with Gasteiger partial charge in [0.1, 0.15) is 11.2 Å². The molecule has 2 aliphatic heterocycles. The van der Waals surface area contributed by atoms with Crippen LogP contribution < -0.4 is 21.1 Å². The molecule has 1 aromatic carbocycles. The lowest BCUT2D eigenvalue weighted by atomic mass is 10.0. The van der Waals surface area contributed by atoms with E-state index in [4.69, 9.17) is 0 Å². The summed E-state index contributed by atoms with van der Waals surface area (Å²) in [6, 6.07) is 11.3. The lowest BCUT2D eigenvalue weighted by molar-refractivity contribution is -0.0267. The van der Waals surface area contributed by atoms with Gasteiger partial charge in [0.15, 0.2) is 11.5 Å². The molecule has 0 amide bonds. The summed E-state index contributed by atoms with van der Waals surface area (Å²) in [4.78, 5) is 28.3. The molecule has 0 saturated carbocycles. The molecule has 0 bridgehead atoms. The van der Waals surface area contributed by atoms with Crippen LogP contribution in [0.15, 0.2) is 60.0 Å². The minimum absolute atomic E-state index is 0.212. The number of alkyl halides is 2. The molecule has 184 valence electrons. The summed E-state index contributed by atoms with van der Waals surface area (Å²) in [5, 5.41) is 6.92. The van der Waals surface area contributed by atoms with Crippen molar-refractivity contribution in [2.75, 3.05) is 29.9 Å². The summed E-state index contributed by atoms with van der Waals surface area (Å²) < 4.78 is 29.9. The topological polar surface area (TPSA) is 92.9 Å². The fraction of sp³-hybridized carbons (Fsp3) is 0.280. The second kappa shape index (κ2) is 8.52. The summed E-state index contributed by atoms with van der Waals surface area (Å²) in [6.07, 6.45) is 4.08. The number of rotatable bonds is 6. The van der Waals surface area contributed by atoms with E-state index in [9.17, 15) is 13.6 Å². The van der Waals surface area contributed by atoms with Gasteiger partial charge in [0.05, 0.1) is 19.6 Å². The van der Waals surface area contributed by atoms with Crippen molar-refractivity contribution in [2.24, 2.45) is 0 Å². The normalized spacial score (nSPS) is 16.4. The Morgan fingerprint density at radius 1 is 1.14 bits per heavy atom. The highest BCUT2D eigenvalue weighted by Crippen LogP contribution is 2.31. The summed E-state index contributed by atoms with van der Waals surface area (Å²) in [7, 11) is 0. The first-order valence-corrected chi connectivity index (χ1v) is 11.7. The smallest absolute Gasteiger partial charge is 0.282 e. The molecule has 0 atom stereocenters. The van der Waals surface area contributed by atoms with Gasteiger partial charge in [-0.05, 0) is 48.4 Å². The van der Waals surface area contributed by atoms with Gasteiger partial charge in [-0.15, -0.1) is 6.58 Å². The van der Waals surface area contributed by atoms with Crippen LogP contribution in [0, 0.1) is 0 Å². The van der Waals surface area contributed by atoms with Crippen LogP contribution in [0.3, 0.4) is 0 Å². The van der Waals surface area contributed by atoms with Crippen LogP contribution in [0.2, 0.25) is 0 Å². The summed E-state index contributed by atoms with van der Waals surface area (Å²) in [5.74, 6) is -1.59. The Labute approximate surface area is 205 Å². The highest BCUT2D eigenvalue weighted by atomic mass is 19.3. The molecule has 9 nitrogen and oxygen atoms in total. The summed E-state index contributed by atoms with van der Waals surface area (Å²) >= 11 is 0. The van der Waals surface area contributed by atoms with Gasteiger partial charge in [-0.1, -0.05) is 18.2 Å². The maximum Gasteiger partial charge on any atom is 0.282 e. The van der Waals surface area contributed by atoms with Crippen LogP contribution in [0.25, 0.3) is 16.9 Å². The van der Waals surface area contributed by atoms with E-state index < -0.39 is 5.92 Å². The van der Waals surface area contributed by atoms with E-state index in [-0.39, 0.29) is 25.2 Å². The third kappa shape index (κ3) is 3.91. The molecule has 0 aliphatic carbocycles. The number of anilines is 3. The average molecular weight is 491 g/mol. The number of benzene rings is 1. The second-order valence-corrected chi connectivity index (χ2v) is 9.02. The van der Waals surface area contributed by atoms with Crippen molar-refractivity contribution in [2.45, 2.75) is 25.4 Å². The molecular weight excluding hydrogens is 466 g/mol. The predicted molar refractivity (Wildman–Crippen MR) is 133 cm³/mol. The molecule has 4 aromatic rings. The molecule has 0 spiro atoms. The van der Waals surface area contributed by atoms with Gasteiger partial charge >= 0.3 is 0 Å². The molecule has 11 heteroatoms. The van der Waals surface area contributed by atoms with Crippen molar-refractivity contribution in [3.05, 3.63) is 76.7 Å². The number of hydrogen-bond acceptors (Lipinski definition) is 7. The third-order valence-electron chi connectivity index (χ3n) is 6.43. The summed E-state index contributed by atoms with van der Waals surface area (Å²) in [6.45, 7) is 4.97. The fourth-order valence-corrected chi connectivity index (χ4v) is 4.68. The van der Waals surface area contributed by atoms with Gasteiger partial charge < -0.3 is 15.5 Å². The van der Waals surface area contributed by atoms with Crippen LogP contribution in [0.1, 0.15) is 11.1 Å². The molecule has 36 heavy (non-hydrogen) atoms. The van der Waals surface area contributed by atoms with E-state index in [2.05, 4.69) is 44.3 Å². The maximum absolute atomic E-state index is 13.4. The number of allylic oxidation sites excluding steroid dienone is 1. The minimum atomic E-state index is -2.72. The van der Waals surface area contributed by atoms with Gasteiger partial charge in [-0.25, -0.2) is 28.1 Å². The van der Waals surface area contributed by atoms with Crippen molar-refractivity contribution in [3.8, 4) is 5.82 Å². The second-order valence-electron chi connectivity index (χ2n) is 9.02. The molecular formula is C25H24F2N8O. The van der Waals surface area contributed by atoms with E-state index in [0.717, 1.165) is 25.2 Å². The van der Waals surface area contributed by atoms with Crippen molar-refractivity contribution in [1.82, 2.24) is 29.6 Å². The number of pyridine rings is 1. The predicted octanol–water partition coefficient (Wildman–Crippen LogP) is 3.01. The van der Waals surface area contributed by atoms with Crippen molar-refractivity contribution in [1.29, 1.82) is 0 Å². The Kier molecular flexibility index (Phi) is 5.29. The van der Waals surface area contributed by atoms with Crippen LogP contribution >= 0.6 is 0 Å². The van der Waals surface area contributed by atoms with E-state index in [1.807, 2.05) is 6.07 Å². The quantitative estimate of drug-likeness (QED) is 0.402. The number of fused-ring (bicyclic) bond motifs is 2. The average Bonchev–Trinajstić information content (AvgIpc) is 3.13.